The number of nitrogens with zero attached hydrogens (tertiary/aromatic N) is 2. The number of benzene rings is 1. The van der Waals surface area contributed by atoms with Gasteiger partial charge < -0.3 is 9.64 Å². The molecule has 0 fully saturated rings. The Bertz CT molecular complexity index is 1160. The molecule has 0 saturated heterocycles. The minimum Gasteiger partial charge on any atom is -0.484 e. The van der Waals surface area contributed by atoms with Gasteiger partial charge in [0.1, 0.15) is 11.4 Å². The first-order valence-electron chi connectivity index (χ1n) is 9.62. The summed E-state index contributed by atoms with van der Waals surface area (Å²) >= 11 is 0. The molecule has 1 aromatic carbocycles. The van der Waals surface area contributed by atoms with Crippen molar-refractivity contribution in [1.29, 1.82) is 0 Å². The fourth-order valence-corrected chi connectivity index (χ4v) is 3.76. The third-order valence-electron chi connectivity index (χ3n) is 5.13. The van der Waals surface area contributed by atoms with E-state index in [-0.39, 0.29) is 35.0 Å². The van der Waals surface area contributed by atoms with Gasteiger partial charge in [-0.2, -0.15) is 8.78 Å². The number of carbonyl (C=O) groups is 1. The van der Waals surface area contributed by atoms with Crippen molar-refractivity contribution in [2.75, 3.05) is 6.26 Å². The van der Waals surface area contributed by atoms with Crippen molar-refractivity contribution < 1.29 is 35.5 Å². The minimum atomic E-state index is -3.70. The van der Waals surface area contributed by atoms with Crippen LogP contribution >= 0.6 is 0 Å². The van der Waals surface area contributed by atoms with Gasteiger partial charge in [0, 0.05) is 26.6 Å². The lowest BCUT2D eigenvalue weighted by molar-refractivity contribution is -0.0720. The van der Waals surface area contributed by atoms with Crippen LogP contribution in [0.5, 0.6) is 5.75 Å². The van der Waals surface area contributed by atoms with Crippen LogP contribution in [0, 0.1) is 0 Å². The molecule has 3 rings (SSSR count). The Hall–Kier alpha value is -2.69. The molecule has 0 N–H and O–H groups in total. The van der Waals surface area contributed by atoms with E-state index in [0.29, 0.717) is 19.4 Å². The van der Waals surface area contributed by atoms with E-state index in [9.17, 15) is 30.8 Å². The first kappa shape index (κ1) is 24.0. The quantitative estimate of drug-likeness (QED) is 0.588. The first-order chi connectivity index (χ1) is 14.6. The number of rotatable bonds is 6. The molecule has 0 radical (unpaired) electrons. The number of fused-ring (bicyclic) bond motifs is 1. The van der Waals surface area contributed by atoms with Gasteiger partial charge >= 0.3 is 0 Å². The number of ether oxygens (including phenoxy) is 1. The summed E-state index contributed by atoms with van der Waals surface area (Å²) in [4.78, 5) is 18.2. The van der Waals surface area contributed by atoms with E-state index in [1.165, 1.54) is 17.0 Å². The van der Waals surface area contributed by atoms with Crippen LogP contribution in [0.4, 0.5) is 17.6 Å². The van der Waals surface area contributed by atoms with E-state index in [1.807, 2.05) is 0 Å². The highest BCUT2D eigenvalue weighted by Crippen LogP contribution is 2.33. The van der Waals surface area contributed by atoms with E-state index < -0.39 is 39.4 Å². The molecule has 11 heteroatoms. The van der Waals surface area contributed by atoms with Crippen LogP contribution in [0.1, 0.15) is 48.1 Å². The predicted octanol–water partition coefficient (Wildman–Crippen LogP) is 4.18. The summed E-state index contributed by atoms with van der Waals surface area (Å²) in [6.45, 7) is 2.44. The van der Waals surface area contributed by atoms with Gasteiger partial charge in [0.2, 0.25) is 0 Å². The summed E-state index contributed by atoms with van der Waals surface area (Å²) < 4.78 is 83.7. The molecular formula is C21H22F4N2O4S. The fourth-order valence-electron chi connectivity index (χ4n) is 3.12. The molecule has 1 aliphatic rings. The van der Waals surface area contributed by atoms with Crippen LogP contribution in [0.2, 0.25) is 0 Å². The molecular weight excluding hydrogens is 452 g/mol. The lowest BCUT2D eigenvalue weighted by Crippen LogP contribution is -2.33. The first-order valence-corrected chi connectivity index (χ1v) is 11.5. The number of carbonyl (C=O) groups excluding carboxylic acids is 1. The molecule has 6 nitrogen and oxygen atoms in total. The van der Waals surface area contributed by atoms with Crippen molar-refractivity contribution in [2.24, 2.45) is 0 Å². The van der Waals surface area contributed by atoms with E-state index >= 15 is 0 Å². The highest BCUT2D eigenvalue weighted by Gasteiger charge is 2.35. The molecule has 1 atom stereocenters. The molecule has 2 aromatic rings. The molecule has 1 aromatic heterocycles. The number of halogens is 4. The maximum Gasteiger partial charge on any atom is 0.286 e. The molecule has 1 amide bonds. The van der Waals surface area contributed by atoms with Gasteiger partial charge in [-0.3, -0.25) is 4.79 Å². The average molecular weight is 474 g/mol. The monoisotopic (exact) mass is 474 g/mol. The number of alkyl halides is 4. The summed E-state index contributed by atoms with van der Waals surface area (Å²) in [5.41, 5.74) is 0.180. The summed E-state index contributed by atoms with van der Waals surface area (Å²) in [6.07, 6.45) is -0.646. The topological polar surface area (TPSA) is 76.6 Å². The predicted molar refractivity (Wildman–Crippen MR) is 108 cm³/mol. The van der Waals surface area contributed by atoms with Crippen molar-refractivity contribution in [1.82, 2.24) is 9.88 Å². The van der Waals surface area contributed by atoms with Crippen LogP contribution < -0.4 is 4.74 Å². The lowest BCUT2D eigenvalue weighted by Gasteiger charge is -2.24. The van der Waals surface area contributed by atoms with Gasteiger partial charge in [0.15, 0.2) is 15.9 Å². The van der Waals surface area contributed by atoms with Crippen LogP contribution in [0.25, 0.3) is 0 Å². The fraction of sp³-hybridized carbons (Fsp3) is 0.429. The van der Waals surface area contributed by atoms with Crippen LogP contribution in [0.3, 0.4) is 0 Å². The van der Waals surface area contributed by atoms with E-state index in [4.69, 9.17) is 4.74 Å². The van der Waals surface area contributed by atoms with Gasteiger partial charge in [-0.1, -0.05) is 6.07 Å². The second kappa shape index (κ2) is 8.02. The molecule has 0 spiro atoms. The van der Waals surface area contributed by atoms with Crippen molar-refractivity contribution in [3.63, 3.8) is 0 Å². The summed E-state index contributed by atoms with van der Waals surface area (Å²) in [5, 5.41) is 0. The van der Waals surface area contributed by atoms with E-state index in [0.717, 1.165) is 31.4 Å². The van der Waals surface area contributed by atoms with Crippen molar-refractivity contribution in [2.45, 2.75) is 56.7 Å². The molecule has 1 aliphatic heterocycles. The SMILES string of the molecule is C[C@H](Oc1ccc(S(C)(=O)=O)cc1C(=O)N1Cc2ccc(C(C)(F)F)nc2C1)C(C)(F)F. The largest absolute Gasteiger partial charge is 0.484 e. The molecule has 174 valence electrons. The number of sulfone groups is 1. The number of pyridine rings is 1. The van der Waals surface area contributed by atoms with Gasteiger partial charge in [0.05, 0.1) is 22.7 Å². The van der Waals surface area contributed by atoms with Crippen LogP contribution in [0.15, 0.2) is 35.2 Å². The Labute approximate surface area is 183 Å². The standard InChI is InChI=1S/C21H22F4N2O4S/c1-12(20(2,22)23)31-17-7-6-14(32(4,29)30)9-15(17)19(28)27-10-13-5-8-18(21(3,24)25)26-16(13)11-27/h5-9,12H,10-11H2,1-4H3/t12-/m0/s1. The zero-order chi connectivity index (χ0) is 24.1. The molecule has 32 heavy (non-hydrogen) atoms. The second-order valence-electron chi connectivity index (χ2n) is 8.00. The number of aromatic nitrogens is 1. The zero-order valence-electron chi connectivity index (χ0n) is 17.8. The Morgan fingerprint density at radius 2 is 1.78 bits per heavy atom. The molecule has 0 bridgehead atoms. The summed E-state index contributed by atoms with van der Waals surface area (Å²) in [7, 11) is -3.70. The third-order valence-corrected chi connectivity index (χ3v) is 6.24. The third kappa shape index (κ3) is 5.03. The van der Waals surface area contributed by atoms with E-state index in [2.05, 4.69) is 4.98 Å². The van der Waals surface area contributed by atoms with Crippen molar-refractivity contribution >= 4 is 15.7 Å². The maximum atomic E-state index is 13.6. The summed E-state index contributed by atoms with van der Waals surface area (Å²) in [5.74, 6) is -7.27. The molecule has 2 heterocycles. The normalized spacial score (nSPS) is 15.4. The Kier molecular flexibility index (Phi) is 6.01. The number of hydrogen-bond donors (Lipinski definition) is 0. The summed E-state index contributed by atoms with van der Waals surface area (Å²) in [6, 6.07) is 6.01. The van der Waals surface area contributed by atoms with E-state index in [1.54, 1.807) is 0 Å². The zero-order valence-corrected chi connectivity index (χ0v) is 18.6. The van der Waals surface area contributed by atoms with Crippen molar-refractivity contribution in [3.8, 4) is 5.75 Å². The minimum absolute atomic E-state index is 0.0404. The lowest BCUT2D eigenvalue weighted by atomic mass is 10.1. The number of amides is 1. The van der Waals surface area contributed by atoms with Gasteiger partial charge in [0.25, 0.3) is 17.8 Å². The van der Waals surface area contributed by atoms with Crippen molar-refractivity contribution in [3.05, 3.63) is 52.8 Å². The Morgan fingerprint density at radius 1 is 1.12 bits per heavy atom. The average Bonchev–Trinajstić information content (AvgIpc) is 3.08. The molecule has 0 aliphatic carbocycles. The number of hydrogen-bond acceptors (Lipinski definition) is 5. The van der Waals surface area contributed by atoms with Gasteiger partial charge in [-0.05, 0) is 36.8 Å². The smallest absolute Gasteiger partial charge is 0.286 e. The second-order valence-corrected chi connectivity index (χ2v) is 10.0. The van der Waals surface area contributed by atoms with Crippen LogP contribution in [-0.2, 0) is 28.8 Å². The highest BCUT2D eigenvalue weighted by molar-refractivity contribution is 7.90. The maximum absolute atomic E-state index is 13.6. The molecule has 0 unspecified atom stereocenters. The van der Waals surface area contributed by atoms with Crippen LogP contribution in [-0.4, -0.2) is 42.5 Å². The van der Waals surface area contributed by atoms with Gasteiger partial charge in [-0.15, -0.1) is 0 Å². The van der Waals surface area contributed by atoms with Gasteiger partial charge in [-0.25, -0.2) is 22.2 Å². The Morgan fingerprint density at radius 3 is 2.34 bits per heavy atom. The highest BCUT2D eigenvalue weighted by atomic mass is 32.2. The molecule has 0 saturated carbocycles. The Balaban J connectivity index is 1.97.